The largest absolute Gasteiger partial charge is 0.378 e. The lowest BCUT2D eigenvalue weighted by Crippen LogP contribution is -2.36. The van der Waals surface area contributed by atoms with Crippen LogP contribution < -0.4 is 15.3 Å². The normalized spacial score (nSPS) is 14.6. The summed E-state index contributed by atoms with van der Waals surface area (Å²) in [6.45, 7) is 7.22. The van der Waals surface area contributed by atoms with Crippen LogP contribution in [0.4, 0.5) is 11.4 Å². The lowest BCUT2D eigenvalue weighted by molar-refractivity contribution is 0.122. The summed E-state index contributed by atoms with van der Waals surface area (Å²) >= 11 is 1.47. The zero-order valence-corrected chi connectivity index (χ0v) is 24.2. The predicted octanol–water partition coefficient (Wildman–Crippen LogP) is 5.36. The van der Waals surface area contributed by atoms with Crippen LogP contribution in [0.3, 0.4) is 0 Å². The average Bonchev–Trinajstić information content (AvgIpc) is 3.51. The van der Waals surface area contributed by atoms with Gasteiger partial charge in [0.15, 0.2) is 5.69 Å². The van der Waals surface area contributed by atoms with Crippen molar-refractivity contribution in [1.29, 1.82) is 0 Å². The van der Waals surface area contributed by atoms with Gasteiger partial charge in [-0.15, -0.1) is 11.3 Å². The van der Waals surface area contributed by atoms with Crippen LogP contribution in [0.2, 0.25) is 0 Å². The van der Waals surface area contributed by atoms with Crippen LogP contribution in [0.25, 0.3) is 16.9 Å². The van der Waals surface area contributed by atoms with Crippen molar-refractivity contribution in [3.8, 4) is 16.9 Å². The molecule has 5 aromatic rings. The summed E-state index contributed by atoms with van der Waals surface area (Å²) in [7, 11) is 1.88. The molecule has 1 aliphatic rings. The molecule has 1 aliphatic heterocycles. The molecule has 8 nitrogen and oxygen atoms in total. The third-order valence-corrected chi connectivity index (χ3v) is 8.21. The SMILES string of the molecule is CC(=Nn1c(-c2ccccc2)csc1=Nc1c(C)n(C)n(-c2ccccc2)c1=O)c1ccc(N2CCOCC2)cc1. The maximum Gasteiger partial charge on any atom is 0.297 e. The Hall–Kier alpha value is -4.47. The molecule has 208 valence electrons. The van der Waals surface area contributed by atoms with E-state index in [0.29, 0.717) is 10.5 Å². The Morgan fingerprint density at radius 3 is 2.22 bits per heavy atom. The van der Waals surface area contributed by atoms with Gasteiger partial charge in [0.25, 0.3) is 5.56 Å². The monoisotopic (exact) mass is 564 g/mol. The van der Waals surface area contributed by atoms with Gasteiger partial charge in [-0.1, -0.05) is 60.7 Å². The van der Waals surface area contributed by atoms with E-state index in [4.69, 9.17) is 14.8 Å². The first kappa shape index (κ1) is 26.7. The van der Waals surface area contributed by atoms with Gasteiger partial charge >= 0.3 is 0 Å². The van der Waals surface area contributed by atoms with Crippen molar-refractivity contribution in [1.82, 2.24) is 14.0 Å². The molecule has 0 amide bonds. The highest BCUT2D eigenvalue weighted by atomic mass is 32.1. The highest BCUT2D eigenvalue weighted by molar-refractivity contribution is 7.07. The summed E-state index contributed by atoms with van der Waals surface area (Å²) in [6.07, 6.45) is 0. The maximum atomic E-state index is 13.6. The molecule has 0 N–H and O–H groups in total. The van der Waals surface area contributed by atoms with Crippen LogP contribution in [0, 0.1) is 6.92 Å². The standard InChI is InChI=1S/C32H32N6O2S/c1-23(25-14-16-27(17-15-25)36-18-20-40-21-19-36)34-37-29(26-10-6-4-7-11-26)22-41-32(37)33-30-24(2)35(3)38(31(30)39)28-12-8-5-9-13-28/h4-17,22H,18-21H2,1-3H3. The van der Waals surface area contributed by atoms with Gasteiger partial charge in [0.05, 0.1) is 36.0 Å². The van der Waals surface area contributed by atoms with Gasteiger partial charge in [-0.25, -0.2) is 14.4 Å². The number of aromatic nitrogens is 3. The number of benzene rings is 3. The Bertz CT molecular complexity index is 1810. The smallest absolute Gasteiger partial charge is 0.297 e. The topological polar surface area (TPSA) is 69.0 Å². The molecule has 0 spiro atoms. The van der Waals surface area contributed by atoms with E-state index in [9.17, 15) is 4.79 Å². The molecule has 3 heterocycles. The second-order valence-corrected chi connectivity index (χ2v) is 10.8. The molecule has 0 bridgehead atoms. The van der Waals surface area contributed by atoms with Crippen LogP contribution in [-0.4, -0.2) is 46.1 Å². The Morgan fingerprint density at radius 2 is 1.54 bits per heavy atom. The zero-order valence-electron chi connectivity index (χ0n) is 23.4. The van der Waals surface area contributed by atoms with Crippen molar-refractivity contribution in [3.05, 3.63) is 117 Å². The summed E-state index contributed by atoms with van der Waals surface area (Å²) in [5, 5.41) is 7.09. The number of hydrogen-bond acceptors (Lipinski definition) is 6. The number of ether oxygens (including phenoxy) is 1. The first-order chi connectivity index (χ1) is 20.0. The van der Waals surface area contributed by atoms with Gasteiger partial charge in [-0.3, -0.25) is 9.48 Å². The van der Waals surface area contributed by atoms with E-state index in [1.165, 1.54) is 17.0 Å². The third-order valence-electron chi connectivity index (χ3n) is 7.40. The third kappa shape index (κ3) is 5.33. The summed E-state index contributed by atoms with van der Waals surface area (Å²) < 4.78 is 10.8. The predicted molar refractivity (Wildman–Crippen MR) is 166 cm³/mol. The fraction of sp³-hybridized carbons (Fsp3) is 0.219. The van der Waals surface area contributed by atoms with Gasteiger partial charge in [0.1, 0.15) is 0 Å². The number of hydrogen-bond donors (Lipinski definition) is 0. The van der Waals surface area contributed by atoms with Crippen LogP contribution in [0.1, 0.15) is 18.2 Å². The number of anilines is 1. The molecule has 1 saturated heterocycles. The molecule has 6 rings (SSSR count). The summed E-state index contributed by atoms with van der Waals surface area (Å²) in [5.74, 6) is 0. The first-order valence-corrected chi connectivity index (χ1v) is 14.5. The van der Waals surface area contributed by atoms with E-state index in [1.807, 2.05) is 84.2 Å². The first-order valence-electron chi connectivity index (χ1n) is 13.6. The van der Waals surface area contributed by atoms with Gasteiger partial charge in [0.2, 0.25) is 4.80 Å². The maximum absolute atomic E-state index is 13.6. The Kier molecular flexibility index (Phi) is 7.54. The molecular formula is C32H32N6O2S. The molecule has 1 fully saturated rings. The van der Waals surface area contributed by atoms with Crippen LogP contribution in [0.15, 0.2) is 105 Å². The molecule has 0 saturated carbocycles. The lowest BCUT2D eigenvalue weighted by atomic mass is 10.1. The van der Waals surface area contributed by atoms with Crippen molar-refractivity contribution >= 4 is 28.4 Å². The number of nitrogens with zero attached hydrogens (tertiary/aromatic N) is 6. The van der Waals surface area contributed by atoms with E-state index < -0.39 is 0 Å². The minimum Gasteiger partial charge on any atom is -0.378 e. The van der Waals surface area contributed by atoms with Gasteiger partial charge < -0.3 is 9.64 Å². The van der Waals surface area contributed by atoms with E-state index >= 15 is 0 Å². The van der Waals surface area contributed by atoms with E-state index in [1.54, 1.807) is 4.68 Å². The molecule has 0 unspecified atom stereocenters. The summed E-state index contributed by atoms with van der Waals surface area (Å²) in [6, 6.07) is 28.2. The Morgan fingerprint density at radius 1 is 0.878 bits per heavy atom. The van der Waals surface area contributed by atoms with Gasteiger partial charge in [-0.2, -0.15) is 5.10 Å². The lowest BCUT2D eigenvalue weighted by Gasteiger charge is -2.28. The molecular weight excluding hydrogens is 532 g/mol. The van der Waals surface area contributed by atoms with Crippen LogP contribution in [-0.2, 0) is 11.8 Å². The molecule has 41 heavy (non-hydrogen) atoms. The van der Waals surface area contributed by atoms with Crippen molar-refractivity contribution in [2.75, 3.05) is 31.2 Å². The Balaban J connectivity index is 1.45. The fourth-order valence-electron chi connectivity index (χ4n) is 5.00. The molecule has 3 aromatic carbocycles. The average molecular weight is 565 g/mol. The van der Waals surface area contributed by atoms with Crippen molar-refractivity contribution < 1.29 is 4.74 Å². The number of para-hydroxylation sites is 1. The highest BCUT2D eigenvalue weighted by Gasteiger charge is 2.17. The van der Waals surface area contributed by atoms with Gasteiger partial charge in [-0.05, 0) is 43.7 Å². The van der Waals surface area contributed by atoms with Crippen LogP contribution >= 0.6 is 11.3 Å². The van der Waals surface area contributed by atoms with Crippen molar-refractivity contribution in [2.24, 2.45) is 17.1 Å². The van der Waals surface area contributed by atoms with Crippen molar-refractivity contribution in [2.45, 2.75) is 13.8 Å². The van der Waals surface area contributed by atoms with Crippen molar-refractivity contribution in [3.63, 3.8) is 0 Å². The molecule has 0 radical (unpaired) electrons. The second kappa shape index (κ2) is 11.6. The van der Waals surface area contributed by atoms with Crippen LogP contribution in [0.5, 0.6) is 0 Å². The second-order valence-electron chi connectivity index (χ2n) is 9.93. The summed E-state index contributed by atoms with van der Waals surface area (Å²) in [4.78, 5) is 21.5. The van der Waals surface area contributed by atoms with E-state index in [-0.39, 0.29) is 5.56 Å². The minimum absolute atomic E-state index is 0.170. The molecule has 0 atom stereocenters. The summed E-state index contributed by atoms with van der Waals surface area (Å²) in [5.41, 5.74) is 6.79. The van der Waals surface area contributed by atoms with Gasteiger partial charge in [0, 0.05) is 36.8 Å². The quantitative estimate of drug-likeness (QED) is 0.261. The molecule has 9 heteroatoms. The fourth-order valence-corrected chi connectivity index (χ4v) is 5.84. The van der Waals surface area contributed by atoms with E-state index in [2.05, 4.69) is 41.3 Å². The number of thiazole rings is 1. The highest BCUT2D eigenvalue weighted by Crippen LogP contribution is 2.23. The minimum atomic E-state index is -0.170. The zero-order chi connectivity index (χ0) is 28.3. The Labute approximate surface area is 242 Å². The number of rotatable bonds is 6. The van der Waals surface area contributed by atoms with E-state index in [0.717, 1.165) is 60.2 Å². The number of morpholine rings is 1. The molecule has 2 aromatic heterocycles. The molecule has 0 aliphatic carbocycles.